The van der Waals surface area contributed by atoms with Crippen molar-refractivity contribution >= 4 is 64.3 Å². The maximum absolute atomic E-state index is 13.3. The van der Waals surface area contributed by atoms with Crippen molar-refractivity contribution in [3.05, 3.63) is 94.8 Å². The highest BCUT2D eigenvalue weighted by atomic mass is 32.2. The molecular weight excluding hydrogens is 991 g/mol. The van der Waals surface area contributed by atoms with Gasteiger partial charge in [0.25, 0.3) is 17.1 Å². The molecule has 22 heteroatoms. The number of ether oxygens (including phenoxy) is 3. The van der Waals surface area contributed by atoms with Crippen LogP contribution in [0.5, 0.6) is 5.75 Å². The summed E-state index contributed by atoms with van der Waals surface area (Å²) in [7, 11) is 0. The highest BCUT2D eigenvalue weighted by Gasteiger charge is 2.45. The molecule has 1 unspecified atom stereocenters. The number of hydrogen-bond acceptors (Lipinski definition) is 16. The summed E-state index contributed by atoms with van der Waals surface area (Å²) in [5.41, 5.74) is 3.28. The molecule has 0 aliphatic carbocycles. The third kappa shape index (κ3) is 17.6. The summed E-state index contributed by atoms with van der Waals surface area (Å²) in [6.07, 6.45) is 7.64. The van der Waals surface area contributed by atoms with Crippen LogP contribution in [0.1, 0.15) is 98.5 Å². The van der Waals surface area contributed by atoms with Crippen molar-refractivity contribution < 1.29 is 52.9 Å². The van der Waals surface area contributed by atoms with Crippen LogP contribution in [0.4, 0.5) is 9.59 Å². The number of aliphatic hydroxyl groups is 1. The minimum atomic E-state index is -1.38. The zero-order chi connectivity index (χ0) is 52.9. The molecule has 0 bridgehead atoms. The Labute approximate surface area is 440 Å². The van der Waals surface area contributed by atoms with Crippen LogP contribution in [-0.4, -0.2) is 143 Å². The van der Waals surface area contributed by atoms with Crippen LogP contribution < -0.4 is 31.3 Å². The summed E-state index contributed by atoms with van der Waals surface area (Å²) in [6, 6.07) is 16.8. The number of aryl methyl sites for hydroxylation is 1. The van der Waals surface area contributed by atoms with Crippen LogP contribution in [0, 0.1) is 0 Å². The first-order valence-electron chi connectivity index (χ1n) is 25.4. The van der Waals surface area contributed by atoms with Gasteiger partial charge in [0.15, 0.2) is 0 Å². The summed E-state index contributed by atoms with van der Waals surface area (Å²) >= 11 is 2.66. The van der Waals surface area contributed by atoms with Gasteiger partial charge in [-0.15, -0.1) is 0 Å². The van der Waals surface area contributed by atoms with Crippen molar-refractivity contribution in [3.8, 4) is 5.75 Å². The van der Waals surface area contributed by atoms with E-state index in [4.69, 9.17) is 19.3 Å². The third-order valence-electron chi connectivity index (χ3n) is 12.6. The number of hydrogen-bond donors (Lipinski definition) is 6. The van der Waals surface area contributed by atoms with Gasteiger partial charge in [-0.1, -0.05) is 55.4 Å². The van der Waals surface area contributed by atoms with E-state index >= 15 is 0 Å². The molecule has 5 atom stereocenters. The van der Waals surface area contributed by atoms with E-state index in [0.29, 0.717) is 68.3 Å². The van der Waals surface area contributed by atoms with Crippen molar-refractivity contribution in [1.82, 2.24) is 36.5 Å². The molecule has 0 spiro atoms. The average Bonchev–Trinajstić information content (AvgIpc) is 3.74. The number of pyridine rings is 1. The van der Waals surface area contributed by atoms with Gasteiger partial charge in [0.05, 0.1) is 43.6 Å². The zero-order valence-electron chi connectivity index (χ0n) is 42.3. The van der Waals surface area contributed by atoms with E-state index in [0.717, 1.165) is 66.4 Å². The number of aliphatic hydroxyl groups excluding tert-OH is 1. The second-order valence-electron chi connectivity index (χ2n) is 18.2. The van der Waals surface area contributed by atoms with E-state index in [9.17, 15) is 33.6 Å². The number of carbonyl (C=O) groups excluding carboxylic acids is 7. The monoisotopic (exact) mass is 1060 g/mol. The van der Waals surface area contributed by atoms with Crippen LogP contribution in [0.15, 0.2) is 77.1 Å². The smallest absolute Gasteiger partial charge is 0.315 e. The maximum atomic E-state index is 13.3. The maximum Gasteiger partial charge on any atom is 0.315 e. The standard InChI is InChI=1S/C35H38N6O7S.C17H31N3O4S/c1-3-22-5-12-26(37-21-22)15-18-48-27-13-6-23(7-14-27)19-29-33(46)41(34(47)49-29)30(43)20-28(32(45)36-16-4-17-42)38-31(44)24-8-10-25(11-9-24)35(2)39-40-35;1-2-23-10-11-24-9-5-8-18-15(21)7-4-3-6-14-16-13(12-25-14)19-17(22)20-16/h5-14,21,28-29,42H,3-4,15-20H2,1-2H3,(H,36,45)(H,38,44);13-14,16H,2-12H2,1H3,(H,18,21)(H2,19,20,22)/t28-,29?;13-,14-,16-/m10/s1. The van der Waals surface area contributed by atoms with E-state index in [2.05, 4.69) is 54.8 Å². The van der Waals surface area contributed by atoms with Crippen LogP contribution in [0.2, 0.25) is 0 Å². The fourth-order valence-electron chi connectivity index (χ4n) is 8.22. The van der Waals surface area contributed by atoms with Crippen molar-refractivity contribution in [1.29, 1.82) is 0 Å². The molecule has 4 aliphatic heterocycles. The minimum Gasteiger partial charge on any atom is -0.493 e. The van der Waals surface area contributed by atoms with Crippen LogP contribution in [-0.2, 0) is 53.6 Å². The van der Waals surface area contributed by atoms with Crippen molar-refractivity contribution in [2.24, 2.45) is 10.2 Å². The molecule has 74 heavy (non-hydrogen) atoms. The van der Waals surface area contributed by atoms with Crippen molar-refractivity contribution in [3.63, 3.8) is 0 Å². The number of aromatic nitrogens is 1. The number of fused-ring (bicyclic) bond motifs is 1. The number of nitrogens with one attached hydrogen (secondary N) is 5. The first-order valence-corrected chi connectivity index (χ1v) is 27.3. The lowest BCUT2D eigenvalue weighted by Gasteiger charge is -2.20. The van der Waals surface area contributed by atoms with Crippen molar-refractivity contribution in [2.45, 2.75) is 119 Å². The number of unbranched alkanes of at least 4 members (excludes halogenated alkanes) is 1. The molecule has 4 aliphatic rings. The molecule has 3 fully saturated rings. The Morgan fingerprint density at radius 1 is 0.865 bits per heavy atom. The van der Waals surface area contributed by atoms with Gasteiger partial charge in [-0.2, -0.15) is 22.0 Å². The number of rotatable bonds is 29. The highest BCUT2D eigenvalue weighted by molar-refractivity contribution is 8.15. The third-order valence-corrected chi connectivity index (χ3v) is 15.2. The molecule has 2 aromatic carbocycles. The van der Waals surface area contributed by atoms with Gasteiger partial charge in [-0.25, -0.2) is 9.69 Å². The molecule has 6 N–H and O–H groups in total. The Morgan fingerprint density at radius 2 is 1.61 bits per heavy atom. The predicted octanol–water partition coefficient (Wildman–Crippen LogP) is 5.00. The van der Waals surface area contributed by atoms with E-state index in [1.807, 2.05) is 37.9 Å². The number of thioether (sulfide) groups is 2. The van der Waals surface area contributed by atoms with E-state index < -0.39 is 52.2 Å². The van der Waals surface area contributed by atoms with Gasteiger partial charge < -0.3 is 45.9 Å². The number of nitrogens with zero attached hydrogens (tertiary/aromatic N) is 4. The topological polar surface area (TPSA) is 268 Å². The fraction of sp³-hybridized carbons (Fsp3) is 0.538. The average molecular weight is 1060 g/mol. The van der Waals surface area contributed by atoms with Gasteiger partial charge in [-0.3, -0.25) is 33.8 Å². The number of amides is 8. The summed E-state index contributed by atoms with van der Waals surface area (Å²) in [5.74, 6) is -1.16. The van der Waals surface area contributed by atoms with Gasteiger partial charge >= 0.3 is 6.03 Å². The number of urea groups is 1. The Morgan fingerprint density at radius 3 is 2.31 bits per heavy atom. The van der Waals surface area contributed by atoms with E-state index in [1.165, 1.54) is 5.56 Å². The van der Waals surface area contributed by atoms with Crippen LogP contribution in [0.3, 0.4) is 0 Å². The summed E-state index contributed by atoms with van der Waals surface area (Å²) in [5, 5.41) is 29.9. The van der Waals surface area contributed by atoms with E-state index in [-0.39, 0.29) is 55.6 Å². The largest absolute Gasteiger partial charge is 0.493 e. The lowest BCUT2D eigenvalue weighted by Crippen LogP contribution is -2.50. The SMILES string of the molecule is CCOCCOCCCNC(=O)CCCC[C@@H]1SC[C@@H]2NC(=O)N[C@@H]21.CCc1ccc(CCOc2ccc(CC3SC(=O)N(C(=O)C[C@@H](NC(=O)c4ccc(C5(C)N=N5)cc4)C(=O)NCCCO)C3=O)cc2)nc1. The molecule has 7 rings (SSSR count). The van der Waals surface area contributed by atoms with Crippen LogP contribution >= 0.6 is 23.5 Å². The van der Waals surface area contributed by atoms with Crippen molar-refractivity contribution in [2.75, 3.05) is 58.5 Å². The molecule has 3 saturated heterocycles. The molecule has 0 saturated carbocycles. The normalized spacial score (nSPS) is 19.4. The lowest BCUT2D eigenvalue weighted by molar-refractivity contribution is -0.141. The molecule has 20 nitrogen and oxygen atoms in total. The Balaban J connectivity index is 0.000000299. The lowest BCUT2D eigenvalue weighted by atomic mass is 10.0. The number of benzene rings is 2. The summed E-state index contributed by atoms with van der Waals surface area (Å²) in [6.45, 7) is 9.50. The Bertz CT molecular complexity index is 2390. The molecule has 8 amide bonds. The highest BCUT2D eigenvalue weighted by Crippen LogP contribution is 2.38. The predicted molar refractivity (Wildman–Crippen MR) is 280 cm³/mol. The Kier molecular flexibility index (Phi) is 22.6. The number of carbonyl (C=O) groups is 7. The molecular formula is C52H69N9O11S2. The van der Waals surface area contributed by atoms with Gasteiger partial charge in [-0.05, 0) is 93.8 Å². The minimum absolute atomic E-state index is 0.0402. The second kappa shape index (κ2) is 29.2. The second-order valence-corrected chi connectivity index (χ2v) is 20.6. The summed E-state index contributed by atoms with van der Waals surface area (Å²) in [4.78, 5) is 93.6. The molecule has 400 valence electrons. The van der Waals surface area contributed by atoms with Gasteiger partial charge in [0.1, 0.15) is 11.8 Å². The Hall–Kier alpha value is -5.94. The van der Waals surface area contributed by atoms with E-state index in [1.54, 1.807) is 48.5 Å². The first kappa shape index (κ1) is 57.3. The fourth-order valence-corrected chi connectivity index (χ4v) is 10.8. The first-order chi connectivity index (χ1) is 35.8. The van der Waals surface area contributed by atoms with Gasteiger partial charge in [0, 0.05) is 79.8 Å². The summed E-state index contributed by atoms with van der Waals surface area (Å²) < 4.78 is 16.4. The molecule has 1 aromatic heterocycles. The van der Waals surface area contributed by atoms with Gasteiger partial charge in [0.2, 0.25) is 23.4 Å². The quantitative estimate of drug-likeness (QED) is 0.0395. The molecule has 0 radical (unpaired) electrons. The van der Waals surface area contributed by atoms with Crippen LogP contribution in [0.25, 0.3) is 0 Å². The molecule has 3 aromatic rings. The molecule has 5 heterocycles. The zero-order valence-corrected chi connectivity index (χ0v) is 43.9. The number of imide groups is 3.